The second-order valence-corrected chi connectivity index (χ2v) is 5.03. The maximum atomic E-state index is 12.2. The van der Waals surface area contributed by atoms with E-state index < -0.39 is 23.3 Å². The van der Waals surface area contributed by atoms with Gasteiger partial charge in [0.15, 0.2) is 0 Å². The first kappa shape index (κ1) is 15.6. The number of allylic oxidation sites excluding steroid dienone is 2. The summed E-state index contributed by atoms with van der Waals surface area (Å²) >= 11 is 0. The monoisotopic (exact) mass is 275 g/mol. The van der Waals surface area contributed by atoms with Gasteiger partial charge in [-0.1, -0.05) is 18.7 Å². The predicted octanol–water partition coefficient (Wildman–Crippen LogP) is 0.570. The van der Waals surface area contributed by atoms with Crippen LogP contribution in [0.1, 0.15) is 26.7 Å². The first-order chi connectivity index (χ1) is 9.31. The second-order valence-electron chi connectivity index (χ2n) is 5.03. The fourth-order valence-electron chi connectivity index (χ4n) is 1.81. The molecule has 1 atom stereocenters. The summed E-state index contributed by atoms with van der Waals surface area (Å²) in [7, 11) is 0. The topological polar surface area (TPSA) is 99.1 Å². The van der Waals surface area contributed by atoms with Crippen LogP contribution in [0.2, 0.25) is 0 Å². The zero-order chi connectivity index (χ0) is 15.3. The van der Waals surface area contributed by atoms with Crippen molar-refractivity contribution in [3.63, 3.8) is 0 Å². The number of amides is 3. The van der Waals surface area contributed by atoms with Gasteiger partial charge in [0, 0.05) is 12.0 Å². The second kappa shape index (κ2) is 6.15. The lowest BCUT2D eigenvalue weighted by atomic mass is 9.84. The van der Waals surface area contributed by atoms with Crippen molar-refractivity contribution in [2.45, 2.75) is 32.7 Å². The van der Waals surface area contributed by atoms with Gasteiger partial charge in [-0.15, -0.1) is 0 Å². The molecule has 3 amide bonds. The Morgan fingerprint density at radius 1 is 1.55 bits per heavy atom. The number of nitrogens with zero attached hydrogens (tertiary/aromatic N) is 1. The number of nitriles is 1. The van der Waals surface area contributed by atoms with Crippen molar-refractivity contribution < 1.29 is 14.4 Å². The summed E-state index contributed by atoms with van der Waals surface area (Å²) in [5, 5.41) is 13.8. The third-order valence-corrected chi connectivity index (χ3v) is 3.03. The van der Waals surface area contributed by atoms with Gasteiger partial charge in [0.05, 0.1) is 11.5 Å². The quantitative estimate of drug-likeness (QED) is 0.445. The first-order valence-corrected chi connectivity index (χ1v) is 6.21. The lowest BCUT2D eigenvalue weighted by Crippen LogP contribution is -2.53. The van der Waals surface area contributed by atoms with Crippen molar-refractivity contribution >= 4 is 17.7 Å². The number of imide groups is 1. The molecule has 0 saturated carbocycles. The van der Waals surface area contributed by atoms with Crippen LogP contribution in [0.5, 0.6) is 0 Å². The fraction of sp³-hybridized carbons (Fsp3) is 0.429. The van der Waals surface area contributed by atoms with Gasteiger partial charge in [-0.3, -0.25) is 19.7 Å². The molecule has 0 aromatic heterocycles. The minimum Gasteiger partial charge on any atom is -0.340 e. The van der Waals surface area contributed by atoms with Crippen molar-refractivity contribution in [2.24, 2.45) is 5.41 Å². The van der Waals surface area contributed by atoms with Gasteiger partial charge >= 0.3 is 0 Å². The predicted molar refractivity (Wildman–Crippen MR) is 72.0 cm³/mol. The summed E-state index contributed by atoms with van der Waals surface area (Å²) in [6.07, 6.45) is 3.30. The van der Waals surface area contributed by atoms with E-state index in [1.54, 1.807) is 13.8 Å². The number of carbonyl (C=O) groups excluding carboxylic acids is 3. The number of hydrogen-bond acceptors (Lipinski definition) is 4. The molecular weight excluding hydrogens is 258 g/mol. The van der Waals surface area contributed by atoms with Crippen LogP contribution in [0.15, 0.2) is 24.3 Å². The molecular formula is C14H17N3O3. The lowest BCUT2D eigenvalue weighted by molar-refractivity contribution is -0.136. The van der Waals surface area contributed by atoms with Crippen molar-refractivity contribution in [3.05, 3.63) is 24.3 Å². The third kappa shape index (κ3) is 3.54. The van der Waals surface area contributed by atoms with Crippen LogP contribution in [0, 0.1) is 16.7 Å². The van der Waals surface area contributed by atoms with Gasteiger partial charge in [0.2, 0.25) is 17.7 Å². The number of carbonyl (C=O) groups is 3. The Hall–Kier alpha value is -2.42. The third-order valence-electron chi connectivity index (χ3n) is 3.03. The molecule has 1 heterocycles. The highest BCUT2D eigenvalue weighted by atomic mass is 16.2. The Balaban J connectivity index is 2.86. The molecule has 1 aliphatic rings. The molecule has 1 rings (SSSR count). The van der Waals surface area contributed by atoms with Gasteiger partial charge in [-0.25, -0.2) is 0 Å². The minimum atomic E-state index is -1.00. The van der Waals surface area contributed by atoms with Crippen LogP contribution >= 0.6 is 0 Å². The first-order valence-electron chi connectivity index (χ1n) is 6.21. The molecule has 1 saturated heterocycles. The van der Waals surface area contributed by atoms with Crippen molar-refractivity contribution in [3.8, 4) is 6.07 Å². The molecule has 6 nitrogen and oxygen atoms in total. The molecule has 0 bridgehead atoms. The Labute approximate surface area is 117 Å². The van der Waals surface area contributed by atoms with Crippen molar-refractivity contribution in [1.29, 1.82) is 5.26 Å². The van der Waals surface area contributed by atoms with Gasteiger partial charge in [-0.2, -0.15) is 5.26 Å². The van der Waals surface area contributed by atoms with E-state index in [0.717, 1.165) is 0 Å². The largest absolute Gasteiger partial charge is 0.340 e. The average Bonchev–Trinajstić information content (AvgIpc) is 2.39. The van der Waals surface area contributed by atoms with E-state index in [1.165, 1.54) is 12.2 Å². The van der Waals surface area contributed by atoms with E-state index >= 15 is 0 Å². The maximum absolute atomic E-state index is 12.2. The van der Waals surface area contributed by atoms with Crippen LogP contribution in [-0.2, 0) is 14.4 Å². The molecule has 106 valence electrons. The minimum absolute atomic E-state index is 0.179. The van der Waals surface area contributed by atoms with Gasteiger partial charge in [-0.05, 0) is 20.3 Å². The van der Waals surface area contributed by atoms with E-state index in [2.05, 4.69) is 17.2 Å². The van der Waals surface area contributed by atoms with E-state index in [-0.39, 0.29) is 24.3 Å². The van der Waals surface area contributed by atoms with Crippen molar-refractivity contribution in [1.82, 2.24) is 10.6 Å². The summed E-state index contributed by atoms with van der Waals surface area (Å²) in [5.41, 5.74) is -0.779. The highest BCUT2D eigenvalue weighted by Crippen LogP contribution is 2.25. The molecule has 1 aliphatic heterocycles. The highest BCUT2D eigenvalue weighted by Gasteiger charge is 2.33. The van der Waals surface area contributed by atoms with E-state index in [1.807, 2.05) is 6.07 Å². The Kier molecular flexibility index (Phi) is 4.81. The number of rotatable bonds is 4. The molecule has 2 N–H and O–H groups in total. The van der Waals surface area contributed by atoms with E-state index in [0.29, 0.717) is 0 Å². The average molecular weight is 275 g/mol. The Bertz CT molecular complexity index is 526. The van der Waals surface area contributed by atoms with Crippen LogP contribution in [0.25, 0.3) is 0 Å². The molecule has 1 fully saturated rings. The molecule has 6 heteroatoms. The summed E-state index contributed by atoms with van der Waals surface area (Å²) < 4.78 is 0. The van der Waals surface area contributed by atoms with Gasteiger partial charge in [0.25, 0.3) is 0 Å². The maximum Gasteiger partial charge on any atom is 0.249 e. The van der Waals surface area contributed by atoms with E-state index in [4.69, 9.17) is 5.26 Å². The SMILES string of the molecule is C=C/C=C(/C(=O)NC1CCC(=O)NC1=O)C(C)(C)C#N. The normalized spacial score (nSPS) is 19.9. The summed E-state index contributed by atoms with van der Waals surface area (Å²) in [6, 6.07) is 1.27. The molecule has 0 aromatic rings. The van der Waals surface area contributed by atoms with Gasteiger partial charge in [0.1, 0.15) is 6.04 Å². The van der Waals surface area contributed by atoms with Crippen LogP contribution in [0.4, 0.5) is 0 Å². The molecule has 0 aliphatic carbocycles. The van der Waals surface area contributed by atoms with E-state index in [9.17, 15) is 14.4 Å². The molecule has 0 radical (unpaired) electrons. The van der Waals surface area contributed by atoms with Crippen LogP contribution in [-0.4, -0.2) is 23.8 Å². The molecule has 0 spiro atoms. The van der Waals surface area contributed by atoms with Crippen LogP contribution < -0.4 is 10.6 Å². The summed E-state index contributed by atoms with van der Waals surface area (Å²) in [4.78, 5) is 34.8. The zero-order valence-electron chi connectivity index (χ0n) is 11.5. The number of hydrogen-bond donors (Lipinski definition) is 2. The molecule has 1 unspecified atom stereocenters. The smallest absolute Gasteiger partial charge is 0.249 e. The zero-order valence-corrected chi connectivity index (χ0v) is 11.5. The summed E-state index contributed by atoms with van der Waals surface area (Å²) in [6.45, 7) is 6.72. The number of piperidine rings is 1. The standard InChI is InChI=1S/C14H17N3O3/c1-4-5-9(14(2,3)8-15)12(19)16-10-6-7-11(18)17-13(10)20/h4-5,10H,1,6-7H2,2-3H3,(H,16,19)(H,17,18,20)/b9-5-. The highest BCUT2D eigenvalue weighted by molar-refractivity contribution is 6.04. The molecule has 0 aromatic carbocycles. The van der Waals surface area contributed by atoms with Crippen LogP contribution in [0.3, 0.4) is 0 Å². The lowest BCUT2D eigenvalue weighted by Gasteiger charge is -2.25. The fourth-order valence-corrected chi connectivity index (χ4v) is 1.81. The Morgan fingerprint density at radius 3 is 2.70 bits per heavy atom. The summed E-state index contributed by atoms with van der Waals surface area (Å²) in [5.74, 6) is -1.38. The Morgan fingerprint density at radius 2 is 2.20 bits per heavy atom. The molecule has 20 heavy (non-hydrogen) atoms. The number of nitrogens with one attached hydrogen (secondary N) is 2. The van der Waals surface area contributed by atoms with Crippen molar-refractivity contribution in [2.75, 3.05) is 0 Å². The van der Waals surface area contributed by atoms with Gasteiger partial charge < -0.3 is 5.32 Å².